The molecule has 0 saturated heterocycles. The zero-order valence-corrected chi connectivity index (χ0v) is 9.05. The minimum atomic E-state index is -0.218. The minimum absolute atomic E-state index is 0.218. The molecule has 76 valence electrons. The molecule has 0 spiro atoms. The maximum atomic E-state index is 11.2. The first-order chi connectivity index (χ1) is 6.83. The number of para-hydroxylation sites is 1. The molecule has 0 amide bonds. The number of hydrogen-bond acceptors (Lipinski definition) is 3. The van der Waals surface area contributed by atoms with Crippen LogP contribution in [-0.2, 0) is 0 Å². The lowest BCUT2D eigenvalue weighted by Gasteiger charge is -2.02. The molecule has 3 heteroatoms. The summed E-state index contributed by atoms with van der Waals surface area (Å²) >= 11 is 1.23. The van der Waals surface area contributed by atoms with E-state index in [1.807, 2.05) is 18.2 Å². The van der Waals surface area contributed by atoms with Crippen LogP contribution in [0.2, 0.25) is 0 Å². The van der Waals surface area contributed by atoms with Crippen LogP contribution in [0.1, 0.15) is 19.8 Å². The lowest BCUT2D eigenvalue weighted by Crippen LogP contribution is -2.01. The van der Waals surface area contributed by atoms with Crippen molar-refractivity contribution in [3.8, 4) is 5.75 Å². The molecule has 0 unspecified atom stereocenters. The molecule has 0 heterocycles. The van der Waals surface area contributed by atoms with Crippen molar-refractivity contribution in [2.45, 2.75) is 19.8 Å². The Morgan fingerprint density at radius 3 is 2.71 bits per heavy atom. The summed E-state index contributed by atoms with van der Waals surface area (Å²) in [4.78, 5) is 11.2. The van der Waals surface area contributed by atoms with Crippen LogP contribution in [0.15, 0.2) is 30.3 Å². The Kier molecular flexibility index (Phi) is 5.15. The van der Waals surface area contributed by atoms with Crippen LogP contribution in [-0.4, -0.2) is 11.1 Å². The highest BCUT2D eigenvalue weighted by atomic mass is 32.2. The summed E-state index contributed by atoms with van der Waals surface area (Å²) in [5, 5.41) is -0.218. The Bertz CT molecular complexity index is 272. The van der Waals surface area contributed by atoms with Gasteiger partial charge in [-0.15, -0.1) is 0 Å². The van der Waals surface area contributed by atoms with Crippen LogP contribution in [0.25, 0.3) is 0 Å². The molecule has 0 radical (unpaired) electrons. The topological polar surface area (TPSA) is 26.3 Å². The molecule has 0 N–H and O–H groups in total. The summed E-state index contributed by atoms with van der Waals surface area (Å²) in [6.45, 7) is 2.10. The molecule has 1 aromatic carbocycles. The average Bonchev–Trinajstić information content (AvgIpc) is 2.20. The number of benzene rings is 1. The average molecular weight is 210 g/mol. The number of carbonyl (C=O) groups excluding carboxylic acids is 1. The summed E-state index contributed by atoms with van der Waals surface area (Å²) in [5.74, 6) is 1.45. The number of rotatable bonds is 4. The standard InChI is InChI=1S/C11H14O2S/c1-2-3-9-14-11(12)13-10-7-5-4-6-8-10/h4-8H,2-3,9H2,1H3. The third-order valence-corrected chi connectivity index (χ3v) is 2.47. The third-order valence-electron chi connectivity index (χ3n) is 1.66. The first-order valence-electron chi connectivity index (χ1n) is 4.72. The second-order valence-electron chi connectivity index (χ2n) is 2.87. The van der Waals surface area contributed by atoms with Gasteiger partial charge in [-0.05, 0) is 30.3 Å². The molecule has 0 aliphatic heterocycles. The van der Waals surface area contributed by atoms with Gasteiger partial charge in [-0.2, -0.15) is 0 Å². The first-order valence-corrected chi connectivity index (χ1v) is 5.71. The maximum absolute atomic E-state index is 11.2. The number of carbonyl (C=O) groups is 1. The maximum Gasteiger partial charge on any atom is 0.372 e. The van der Waals surface area contributed by atoms with Crippen LogP contribution >= 0.6 is 11.8 Å². The van der Waals surface area contributed by atoms with Crippen molar-refractivity contribution in [1.29, 1.82) is 0 Å². The normalized spacial score (nSPS) is 9.79. The molecular formula is C11H14O2S. The number of ether oxygens (including phenoxy) is 1. The molecule has 0 aliphatic carbocycles. The Morgan fingerprint density at radius 2 is 2.07 bits per heavy atom. The van der Waals surface area contributed by atoms with Gasteiger partial charge in [0.05, 0.1) is 0 Å². The Labute approximate surface area is 88.7 Å². The highest BCUT2D eigenvalue weighted by Crippen LogP contribution is 2.14. The van der Waals surface area contributed by atoms with E-state index < -0.39 is 0 Å². The SMILES string of the molecule is CCCCSC(=O)Oc1ccccc1. The van der Waals surface area contributed by atoms with Gasteiger partial charge in [0.25, 0.3) is 0 Å². The lowest BCUT2D eigenvalue weighted by molar-refractivity contribution is 0.227. The largest absolute Gasteiger partial charge is 0.418 e. The molecule has 0 aromatic heterocycles. The predicted molar refractivity (Wildman–Crippen MR) is 59.8 cm³/mol. The molecule has 1 aromatic rings. The zero-order chi connectivity index (χ0) is 10.2. The van der Waals surface area contributed by atoms with Crippen molar-refractivity contribution in [2.75, 3.05) is 5.75 Å². The highest BCUT2D eigenvalue weighted by molar-refractivity contribution is 8.13. The molecule has 1 rings (SSSR count). The van der Waals surface area contributed by atoms with Gasteiger partial charge in [-0.1, -0.05) is 31.5 Å². The predicted octanol–water partition coefficient (Wildman–Crippen LogP) is 3.72. The zero-order valence-electron chi connectivity index (χ0n) is 8.23. The van der Waals surface area contributed by atoms with Crippen molar-refractivity contribution in [1.82, 2.24) is 0 Å². The Balaban J connectivity index is 2.27. The summed E-state index contributed by atoms with van der Waals surface area (Å²) in [6, 6.07) is 9.14. The monoisotopic (exact) mass is 210 g/mol. The van der Waals surface area contributed by atoms with Gasteiger partial charge in [0.1, 0.15) is 5.75 Å². The molecule has 0 atom stereocenters. The Hall–Kier alpha value is -0.960. The van der Waals surface area contributed by atoms with Crippen LogP contribution in [0.4, 0.5) is 4.79 Å². The Morgan fingerprint density at radius 1 is 1.36 bits per heavy atom. The van der Waals surface area contributed by atoms with Crippen LogP contribution in [0, 0.1) is 0 Å². The third kappa shape index (κ3) is 4.33. The van der Waals surface area contributed by atoms with Crippen molar-refractivity contribution >= 4 is 17.1 Å². The minimum Gasteiger partial charge on any atom is -0.418 e. The van der Waals surface area contributed by atoms with Crippen molar-refractivity contribution in [3.05, 3.63) is 30.3 Å². The lowest BCUT2D eigenvalue weighted by atomic mass is 10.3. The van der Waals surface area contributed by atoms with E-state index in [0.717, 1.165) is 18.6 Å². The van der Waals surface area contributed by atoms with Crippen molar-refractivity contribution in [3.63, 3.8) is 0 Å². The molecule has 0 saturated carbocycles. The van der Waals surface area contributed by atoms with E-state index in [0.29, 0.717) is 5.75 Å². The number of thioether (sulfide) groups is 1. The van der Waals surface area contributed by atoms with E-state index in [1.165, 1.54) is 11.8 Å². The fourth-order valence-corrected chi connectivity index (χ4v) is 1.67. The van der Waals surface area contributed by atoms with Gasteiger partial charge in [0.2, 0.25) is 0 Å². The molecule has 14 heavy (non-hydrogen) atoms. The van der Waals surface area contributed by atoms with Gasteiger partial charge in [-0.3, -0.25) is 0 Å². The van der Waals surface area contributed by atoms with Crippen LogP contribution in [0.3, 0.4) is 0 Å². The molecular weight excluding hydrogens is 196 g/mol. The van der Waals surface area contributed by atoms with E-state index in [2.05, 4.69) is 6.92 Å². The smallest absolute Gasteiger partial charge is 0.372 e. The van der Waals surface area contributed by atoms with Gasteiger partial charge in [0.15, 0.2) is 0 Å². The molecule has 0 bridgehead atoms. The van der Waals surface area contributed by atoms with Crippen LogP contribution in [0.5, 0.6) is 5.75 Å². The molecule has 0 fully saturated rings. The summed E-state index contributed by atoms with van der Waals surface area (Å²) in [7, 11) is 0. The highest BCUT2D eigenvalue weighted by Gasteiger charge is 2.03. The van der Waals surface area contributed by atoms with E-state index >= 15 is 0 Å². The van der Waals surface area contributed by atoms with Crippen molar-refractivity contribution in [2.24, 2.45) is 0 Å². The fraction of sp³-hybridized carbons (Fsp3) is 0.364. The first kappa shape index (κ1) is 11.1. The van der Waals surface area contributed by atoms with E-state index in [1.54, 1.807) is 12.1 Å². The van der Waals surface area contributed by atoms with Crippen molar-refractivity contribution < 1.29 is 9.53 Å². The molecule has 2 nitrogen and oxygen atoms in total. The van der Waals surface area contributed by atoms with Gasteiger partial charge >= 0.3 is 5.30 Å². The van der Waals surface area contributed by atoms with E-state index in [-0.39, 0.29) is 5.30 Å². The van der Waals surface area contributed by atoms with Crippen LogP contribution < -0.4 is 4.74 Å². The number of hydrogen-bond donors (Lipinski definition) is 0. The van der Waals surface area contributed by atoms with Gasteiger partial charge < -0.3 is 4.74 Å². The van der Waals surface area contributed by atoms with E-state index in [4.69, 9.17) is 4.74 Å². The fourth-order valence-electron chi connectivity index (χ4n) is 0.914. The number of unbranched alkanes of at least 4 members (excludes halogenated alkanes) is 1. The van der Waals surface area contributed by atoms with Gasteiger partial charge in [-0.25, -0.2) is 4.79 Å². The second kappa shape index (κ2) is 6.49. The van der Waals surface area contributed by atoms with E-state index in [9.17, 15) is 4.79 Å². The summed E-state index contributed by atoms with van der Waals surface area (Å²) < 4.78 is 5.08. The van der Waals surface area contributed by atoms with Gasteiger partial charge in [0, 0.05) is 5.75 Å². The molecule has 0 aliphatic rings. The summed E-state index contributed by atoms with van der Waals surface area (Å²) in [6.07, 6.45) is 2.15. The quantitative estimate of drug-likeness (QED) is 0.559. The second-order valence-corrected chi connectivity index (χ2v) is 3.90. The summed E-state index contributed by atoms with van der Waals surface area (Å²) in [5.41, 5.74) is 0.